The molecule has 0 saturated heterocycles. The van der Waals surface area contributed by atoms with Crippen molar-refractivity contribution in [3.05, 3.63) is 35.4 Å². The summed E-state index contributed by atoms with van der Waals surface area (Å²) in [7, 11) is 0. The van der Waals surface area contributed by atoms with Crippen molar-refractivity contribution in [2.75, 3.05) is 6.54 Å². The van der Waals surface area contributed by atoms with Crippen molar-refractivity contribution in [1.29, 1.82) is 0 Å². The maximum atomic E-state index is 11.0. The third-order valence-electron chi connectivity index (χ3n) is 2.46. The number of amides is 1. The van der Waals surface area contributed by atoms with Crippen LogP contribution in [0.3, 0.4) is 0 Å². The summed E-state index contributed by atoms with van der Waals surface area (Å²) in [6.07, 6.45) is 1.02. The second-order valence-electron chi connectivity index (χ2n) is 3.54. The lowest BCUT2D eigenvalue weighted by molar-refractivity contribution is -0.119. The molecule has 0 spiro atoms. The number of carbonyl (C=O) groups is 1. The fourth-order valence-corrected chi connectivity index (χ4v) is 1.84. The molecule has 2 rings (SSSR count). The van der Waals surface area contributed by atoms with Crippen molar-refractivity contribution in [1.82, 2.24) is 10.6 Å². The third kappa shape index (κ3) is 1.77. The normalized spacial score (nSPS) is 19.9. The molecule has 1 heterocycles. The van der Waals surface area contributed by atoms with Crippen LogP contribution >= 0.6 is 0 Å². The summed E-state index contributed by atoms with van der Waals surface area (Å²) in [5.74, 6) is -0.000738. The van der Waals surface area contributed by atoms with Crippen molar-refractivity contribution in [3.63, 3.8) is 0 Å². The van der Waals surface area contributed by atoms with Crippen LogP contribution in [0.1, 0.15) is 24.2 Å². The molecule has 2 N–H and O–H groups in total. The maximum Gasteiger partial charge on any atom is 0.218 e. The molecule has 1 aliphatic heterocycles. The monoisotopic (exact) mass is 190 g/mol. The molecule has 1 amide bonds. The largest absolute Gasteiger partial charge is 0.337 e. The minimum atomic E-state index is -0.0163. The second-order valence-corrected chi connectivity index (χ2v) is 3.54. The lowest BCUT2D eigenvalue weighted by atomic mass is 9.98. The van der Waals surface area contributed by atoms with Gasteiger partial charge in [-0.15, -0.1) is 0 Å². The van der Waals surface area contributed by atoms with Gasteiger partial charge in [0.25, 0.3) is 0 Å². The van der Waals surface area contributed by atoms with E-state index in [1.165, 1.54) is 11.1 Å². The SMILES string of the molecule is CC(=O)NC1NCCc2ccccc21. The van der Waals surface area contributed by atoms with Gasteiger partial charge in [-0.05, 0) is 17.5 Å². The average molecular weight is 190 g/mol. The summed E-state index contributed by atoms with van der Waals surface area (Å²) in [6, 6.07) is 8.21. The lowest BCUT2D eigenvalue weighted by Crippen LogP contribution is -2.41. The number of fused-ring (bicyclic) bond motifs is 1. The Balaban J connectivity index is 2.26. The van der Waals surface area contributed by atoms with Crippen LogP contribution in [0.5, 0.6) is 0 Å². The van der Waals surface area contributed by atoms with E-state index in [-0.39, 0.29) is 12.1 Å². The standard InChI is InChI=1S/C11H14N2O/c1-8(14)13-11-10-5-3-2-4-9(10)6-7-12-11/h2-5,11-12H,6-7H2,1H3,(H,13,14). The van der Waals surface area contributed by atoms with E-state index in [1.54, 1.807) is 6.92 Å². The van der Waals surface area contributed by atoms with E-state index in [9.17, 15) is 4.79 Å². The maximum absolute atomic E-state index is 11.0. The summed E-state index contributed by atoms with van der Waals surface area (Å²) >= 11 is 0. The molecular formula is C11H14N2O. The Bertz CT molecular complexity index is 349. The Kier molecular flexibility index (Phi) is 2.50. The summed E-state index contributed by atoms with van der Waals surface area (Å²) in [4.78, 5) is 11.0. The highest BCUT2D eigenvalue weighted by Crippen LogP contribution is 2.20. The fourth-order valence-electron chi connectivity index (χ4n) is 1.84. The zero-order chi connectivity index (χ0) is 9.97. The highest BCUT2D eigenvalue weighted by atomic mass is 16.1. The molecule has 1 aromatic carbocycles. The number of hydrogen-bond donors (Lipinski definition) is 2. The number of nitrogens with one attached hydrogen (secondary N) is 2. The van der Waals surface area contributed by atoms with E-state index >= 15 is 0 Å². The fraction of sp³-hybridized carbons (Fsp3) is 0.364. The van der Waals surface area contributed by atoms with Gasteiger partial charge in [0.15, 0.2) is 0 Å². The first-order valence-corrected chi connectivity index (χ1v) is 4.85. The Labute approximate surface area is 83.5 Å². The first-order chi connectivity index (χ1) is 6.77. The zero-order valence-corrected chi connectivity index (χ0v) is 8.21. The van der Waals surface area contributed by atoms with Gasteiger partial charge in [0, 0.05) is 13.5 Å². The minimum Gasteiger partial charge on any atom is -0.337 e. The summed E-state index contributed by atoms with van der Waals surface area (Å²) < 4.78 is 0. The van der Waals surface area contributed by atoms with E-state index in [0.717, 1.165) is 13.0 Å². The Morgan fingerprint density at radius 2 is 2.29 bits per heavy atom. The van der Waals surface area contributed by atoms with E-state index in [4.69, 9.17) is 0 Å². The molecule has 14 heavy (non-hydrogen) atoms. The van der Waals surface area contributed by atoms with Crippen LogP contribution in [0.2, 0.25) is 0 Å². The molecule has 1 aromatic rings. The molecule has 1 atom stereocenters. The van der Waals surface area contributed by atoms with Gasteiger partial charge in [0.1, 0.15) is 6.17 Å². The number of rotatable bonds is 1. The van der Waals surface area contributed by atoms with Crippen LogP contribution < -0.4 is 10.6 Å². The summed E-state index contributed by atoms with van der Waals surface area (Å²) in [5, 5.41) is 6.16. The topological polar surface area (TPSA) is 41.1 Å². The van der Waals surface area contributed by atoms with Crippen LogP contribution in [-0.4, -0.2) is 12.5 Å². The smallest absolute Gasteiger partial charge is 0.218 e. The van der Waals surface area contributed by atoms with Crippen LogP contribution in [-0.2, 0) is 11.2 Å². The van der Waals surface area contributed by atoms with Crippen LogP contribution in [0.4, 0.5) is 0 Å². The molecule has 0 bridgehead atoms. The second kappa shape index (κ2) is 3.80. The van der Waals surface area contributed by atoms with Crippen molar-refractivity contribution in [3.8, 4) is 0 Å². The average Bonchev–Trinajstić information content (AvgIpc) is 2.18. The summed E-state index contributed by atoms with van der Waals surface area (Å²) in [6.45, 7) is 2.46. The molecule has 0 fully saturated rings. The Hall–Kier alpha value is -1.35. The molecule has 3 nitrogen and oxygen atoms in total. The van der Waals surface area contributed by atoms with Crippen LogP contribution in [0.15, 0.2) is 24.3 Å². The molecule has 0 saturated carbocycles. The molecule has 3 heteroatoms. The quantitative estimate of drug-likeness (QED) is 0.692. The highest BCUT2D eigenvalue weighted by molar-refractivity contribution is 5.73. The van der Waals surface area contributed by atoms with Crippen molar-refractivity contribution in [2.24, 2.45) is 0 Å². The molecule has 0 aromatic heterocycles. The summed E-state index contributed by atoms with van der Waals surface area (Å²) in [5.41, 5.74) is 2.51. The lowest BCUT2D eigenvalue weighted by Gasteiger charge is -2.27. The van der Waals surface area contributed by atoms with Gasteiger partial charge in [-0.3, -0.25) is 10.1 Å². The van der Waals surface area contributed by atoms with Crippen LogP contribution in [0, 0.1) is 0 Å². The molecule has 1 unspecified atom stereocenters. The molecule has 0 radical (unpaired) electrons. The number of benzene rings is 1. The van der Waals surface area contributed by atoms with Gasteiger partial charge in [-0.1, -0.05) is 24.3 Å². The van der Waals surface area contributed by atoms with E-state index in [0.29, 0.717) is 0 Å². The molecule has 74 valence electrons. The van der Waals surface area contributed by atoms with Gasteiger partial charge in [0.05, 0.1) is 0 Å². The molecule has 1 aliphatic rings. The van der Waals surface area contributed by atoms with Crippen molar-refractivity contribution < 1.29 is 4.79 Å². The van der Waals surface area contributed by atoms with Gasteiger partial charge in [0.2, 0.25) is 5.91 Å². The first-order valence-electron chi connectivity index (χ1n) is 4.85. The van der Waals surface area contributed by atoms with Gasteiger partial charge in [-0.25, -0.2) is 0 Å². The van der Waals surface area contributed by atoms with E-state index in [1.807, 2.05) is 12.1 Å². The Morgan fingerprint density at radius 3 is 3.07 bits per heavy atom. The van der Waals surface area contributed by atoms with Crippen molar-refractivity contribution >= 4 is 5.91 Å². The van der Waals surface area contributed by atoms with Gasteiger partial charge >= 0.3 is 0 Å². The number of carbonyl (C=O) groups excluding carboxylic acids is 1. The van der Waals surface area contributed by atoms with E-state index < -0.39 is 0 Å². The Morgan fingerprint density at radius 1 is 1.50 bits per heavy atom. The third-order valence-corrected chi connectivity index (χ3v) is 2.46. The predicted octanol–water partition coefficient (Wildman–Crippen LogP) is 0.967. The van der Waals surface area contributed by atoms with Crippen molar-refractivity contribution in [2.45, 2.75) is 19.5 Å². The van der Waals surface area contributed by atoms with E-state index in [2.05, 4.69) is 22.8 Å². The molecular weight excluding hydrogens is 176 g/mol. The highest BCUT2D eigenvalue weighted by Gasteiger charge is 2.18. The van der Waals surface area contributed by atoms with Gasteiger partial charge in [-0.2, -0.15) is 0 Å². The van der Waals surface area contributed by atoms with Crippen LogP contribution in [0.25, 0.3) is 0 Å². The molecule has 0 aliphatic carbocycles. The zero-order valence-electron chi connectivity index (χ0n) is 8.21. The first kappa shape index (κ1) is 9.21. The van der Waals surface area contributed by atoms with Gasteiger partial charge < -0.3 is 5.32 Å². The predicted molar refractivity (Wildman–Crippen MR) is 54.7 cm³/mol. The number of hydrogen-bond acceptors (Lipinski definition) is 2. The minimum absolute atomic E-state index is 0.000738.